The Morgan fingerprint density at radius 1 is 1.00 bits per heavy atom. The lowest BCUT2D eigenvalue weighted by Crippen LogP contribution is -2.21. The summed E-state index contributed by atoms with van der Waals surface area (Å²) in [5, 5.41) is 0. The van der Waals surface area contributed by atoms with E-state index in [2.05, 4.69) is 39.8 Å². The molecule has 16 heavy (non-hydrogen) atoms. The summed E-state index contributed by atoms with van der Waals surface area (Å²) in [6, 6.07) is 0. The van der Waals surface area contributed by atoms with Crippen molar-refractivity contribution in [1.29, 1.82) is 0 Å². The van der Waals surface area contributed by atoms with Gasteiger partial charge in [-0.2, -0.15) is 0 Å². The number of hydrogen-bond donors (Lipinski definition) is 0. The monoisotopic (exact) mass is 222 g/mol. The molecule has 92 valence electrons. The van der Waals surface area contributed by atoms with Gasteiger partial charge in [0, 0.05) is 6.61 Å². The summed E-state index contributed by atoms with van der Waals surface area (Å²) < 4.78 is 5.39. The maximum Gasteiger partial charge on any atom is 0.0547 e. The highest BCUT2D eigenvalue weighted by atomic mass is 16.5. The third kappa shape index (κ3) is 5.50. The van der Waals surface area contributed by atoms with Crippen molar-refractivity contribution in [3.63, 3.8) is 0 Å². The molecule has 1 fully saturated rings. The van der Waals surface area contributed by atoms with Crippen molar-refractivity contribution in [2.24, 2.45) is 5.92 Å². The van der Waals surface area contributed by atoms with E-state index < -0.39 is 0 Å². The summed E-state index contributed by atoms with van der Waals surface area (Å²) in [4.78, 5) is 0. The van der Waals surface area contributed by atoms with Crippen LogP contribution in [0, 0.1) is 5.92 Å². The lowest BCUT2D eigenvalue weighted by molar-refractivity contribution is 0.000267. The summed E-state index contributed by atoms with van der Waals surface area (Å²) in [6.45, 7) is 9.73. The zero-order valence-electron chi connectivity index (χ0n) is 11.3. The summed E-state index contributed by atoms with van der Waals surface area (Å²) in [5.41, 5.74) is 3.02. The van der Waals surface area contributed by atoms with Gasteiger partial charge >= 0.3 is 0 Å². The molecule has 1 aliphatic heterocycles. The van der Waals surface area contributed by atoms with Crippen molar-refractivity contribution in [3.05, 3.63) is 23.3 Å². The normalized spacial score (nSPS) is 29.8. The highest BCUT2D eigenvalue weighted by Gasteiger charge is 2.13. The van der Waals surface area contributed by atoms with Gasteiger partial charge in [-0.05, 0) is 52.4 Å². The Morgan fingerprint density at radius 2 is 1.56 bits per heavy atom. The molecule has 0 spiro atoms. The van der Waals surface area contributed by atoms with E-state index in [9.17, 15) is 0 Å². The van der Waals surface area contributed by atoms with Gasteiger partial charge in [0.15, 0.2) is 0 Å². The lowest BCUT2D eigenvalue weighted by atomic mass is 10.0. The fourth-order valence-electron chi connectivity index (χ4n) is 1.86. The minimum Gasteiger partial charge on any atom is -0.378 e. The van der Waals surface area contributed by atoms with E-state index in [-0.39, 0.29) is 0 Å². The Labute approximate surface area is 101 Å². The minimum absolute atomic E-state index is 0.520. The highest BCUT2D eigenvalue weighted by molar-refractivity contribution is 5.20. The Balaban J connectivity index is 0.000000160. The van der Waals surface area contributed by atoms with Gasteiger partial charge in [0.1, 0.15) is 0 Å². The van der Waals surface area contributed by atoms with E-state index in [1.165, 1.54) is 36.8 Å². The smallest absolute Gasteiger partial charge is 0.0547 e. The van der Waals surface area contributed by atoms with Gasteiger partial charge in [0.25, 0.3) is 0 Å². The van der Waals surface area contributed by atoms with Crippen LogP contribution in [0.5, 0.6) is 0 Å². The van der Waals surface area contributed by atoms with Crippen LogP contribution in [0.4, 0.5) is 0 Å². The predicted octanol–water partition coefficient (Wildman–Crippen LogP) is 4.49. The topological polar surface area (TPSA) is 9.23 Å². The Bertz CT molecular complexity index is 227. The van der Waals surface area contributed by atoms with Gasteiger partial charge in [0.2, 0.25) is 0 Å². The molecule has 0 saturated carbocycles. The van der Waals surface area contributed by atoms with E-state index in [0.29, 0.717) is 6.10 Å². The van der Waals surface area contributed by atoms with Crippen LogP contribution >= 0.6 is 0 Å². The molecule has 1 heterocycles. The minimum atomic E-state index is 0.520. The standard InChI is InChI=1S/C8H12.C7H14O/c1-7-3-5-8(2)6-4-7;1-6-3-4-7(2)8-5-6/h3,5H,4,6H2,1-2H3;6-7H,3-5H2,1-2H3. The summed E-state index contributed by atoms with van der Waals surface area (Å²) in [7, 11) is 0. The molecule has 0 aromatic rings. The van der Waals surface area contributed by atoms with Crippen LogP contribution in [-0.4, -0.2) is 12.7 Å². The molecule has 2 aliphatic rings. The first-order valence-corrected chi connectivity index (χ1v) is 6.52. The zero-order valence-corrected chi connectivity index (χ0v) is 11.3. The first-order chi connectivity index (χ1) is 7.58. The SMILES string of the molecule is CC1=CC=C(C)CC1.CC1CCC(C)OC1. The summed E-state index contributed by atoms with van der Waals surface area (Å²) in [6.07, 6.45) is 10.1. The molecule has 1 saturated heterocycles. The van der Waals surface area contributed by atoms with E-state index in [4.69, 9.17) is 4.74 Å². The Morgan fingerprint density at radius 3 is 1.88 bits per heavy atom. The van der Waals surface area contributed by atoms with Crippen LogP contribution in [0.15, 0.2) is 23.3 Å². The molecule has 0 amide bonds. The molecule has 0 radical (unpaired) electrons. The third-order valence-electron chi connectivity index (χ3n) is 3.30. The Kier molecular flexibility index (Phi) is 5.83. The molecule has 2 rings (SSSR count). The van der Waals surface area contributed by atoms with Crippen LogP contribution in [0.2, 0.25) is 0 Å². The lowest BCUT2D eigenvalue weighted by Gasteiger charge is -2.23. The second kappa shape index (κ2) is 6.90. The second-order valence-corrected chi connectivity index (χ2v) is 5.35. The van der Waals surface area contributed by atoms with Gasteiger partial charge in [-0.15, -0.1) is 0 Å². The first-order valence-electron chi connectivity index (χ1n) is 6.52. The van der Waals surface area contributed by atoms with E-state index in [1.54, 1.807) is 0 Å². The van der Waals surface area contributed by atoms with Gasteiger partial charge < -0.3 is 4.74 Å². The molecule has 0 bridgehead atoms. The van der Waals surface area contributed by atoms with Gasteiger partial charge in [-0.25, -0.2) is 0 Å². The number of ether oxygens (including phenoxy) is 1. The number of rotatable bonds is 0. The molecular formula is C15H26O. The number of hydrogen-bond acceptors (Lipinski definition) is 1. The third-order valence-corrected chi connectivity index (χ3v) is 3.30. The van der Waals surface area contributed by atoms with E-state index >= 15 is 0 Å². The Hall–Kier alpha value is -0.560. The summed E-state index contributed by atoms with van der Waals surface area (Å²) >= 11 is 0. The van der Waals surface area contributed by atoms with Crippen LogP contribution in [-0.2, 0) is 4.74 Å². The van der Waals surface area contributed by atoms with Gasteiger partial charge in [0.05, 0.1) is 6.10 Å². The first kappa shape index (κ1) is 13.5. The molecule has 1 aliphatic carbocycles. The van der Waals surface area contributed by atoms with Gasteiger partial charge in [-0.3, -0.25) is 0 Å². The molecule has 0 aromatic carbocycles. The van der Waals surface area contributed by atoms with Crippen LogP contribution < -0.4 is 0 Å². The molecular weight excluding hydrogens is 196 g/mol. The fourth-order valence-corrected chi connectivity index (χ4v) is 1.86. The van der Waals surface area contributed by atoms with Crippen molar-refractivity contribution in [3.8, 4) is 0 Å². The van der Waals surface area contributed by atoms with Crippen molar-refractivity contribution in [2.45, 2.75) is 59.5 Å². The average molecular weight is 222 g/mol. The largest absolute Gasteiger partial charge is 0.378 e. The highest BCUT2D eigenvalue weighted by Crippen LogP contribution is 2.17. The average Bonchev–Trinajstić information content (AvgIpc) is 2.28. The maximum absolute atomic E-state index is 5.39. The molecule has 0 aromatic heterocycles. The quantitative estimate of drug-likeness (QED) is 0.586. The van der Waals surface area contributed by atoms with Crippen molar-refractivity contribution < 1.29 is 4.74 Å². The van der Waals surface area contributed by atoms with Crippen LogP contribution in [0.1, 0.15) is 53.4 Å². The zero-order chi connectivity index (χ0) is 12.0. The predicted molar refractivity (Wildman–Crippen MR) is 70.6 cm³/mol. The van der Waals surface area contributed by atoms with Crippen LogP contribution in [0.25, 0.3) is 0 Å². The van der Waals surface area contributed by atoms with Crippen molar-refractivity contribution in [2.75, 3.05) is 6.61 Å². The second-order valence-electron chi connectivity index (χ2n) is 5.35. The van der Waals surface area contributed by atoms with Crippen LogP contribution in [0.3, 0.4) is 0 Å². The molecule has 1 nitrogen and oxygen atoms in total. The van der Waals surface area contributed by atoms with Gasteiger partial charge in [-0.1, -0.05) is 30.2 Å². The van der Waals surface area contributed by atoms with E-state index in [0.717, 1.165) is 12.5 Å². The molecule has 2 unspecified atom stereocenters. The summed E-state index contributed by atoms with van der Waals surface area (Å²) in [5.74, 6) is 0.797. The molecule has 2 atom stereocenters. The molecule has 0 N–H and O–H groups in total. The van der Waals surface area contributed by atoms with Crippen molar-refractivity contribution in [1.82, 2.24) is 0 Å². The van der Waals surface area contributed by atoms with Crippen molar-refractivity contribution >= 4 is 0 Å². The number of allylic oxidation sites excluding steroid dienone is 4. The van der Waals surface area contributed by atoms with E-state index in [1.807, 2.05) is 0 Å². The fraction of sp³-hybridized carbons (Fsp3) is 0.733. The molecule has 1 heteroatoms. The maximum atomic E-state index is 5.39.